The van der Waals surface area contributed by atoms with Gasteiger partial charge in [0.1, 0.15) is 6.54 Å². The zero-order valence-corrected chi connectivity index (χ0v) is 16.0. The third-order valence-electron chi connectivity index (χ3n) is 3.92. The highest BCUT2D eigenvalue weighted by molar-refractivity contribution is 5.90. The Hall–Kier alpha value is -3.10. The van der Waals surface area contributed by atoms with Crippen molar-refractivity contribution in [2.24, 2.45) is 5.92 Å². The van der Waals surface area contributed by atoms with E-state index in [4.69, 9.17) is 0 Å². The number of carbonyl (C=O) groups is 2. The maximum absolute atomic E-state index is 12.8. The molecular formula is C20H22F3N3O3. The maximum atomic E-state index is 12.8. The van der Waals surface area contributed by atoms with Crippen molar-refractivity contribution in [2.75, 3.05) is 5.32 Å². The second kappa shape index (κ2) is 9.40. The number of halogens is 3. The number of nitrogens with zero attached hydrogens (tertiary/aromatic N) is 1. The number of amides is 2. The maximum Gasteiger partial charge on any atom is 0.417 e. The van der Waals surface area contributed by atoms with Gasteiger partial charge in [-0.3, -0.25) is 14.4 Å². The summed E-state index contributed by atoms with van der Waals surface area (Å²) in [4.78, 5) is 35.6. The van der Waals surface area contributed by atoms with Crippen LogP contribution >= 0.6 is 0 Å². The smallest absolute Gasteiger partial charge is 0.350 e. The number of carbonyl (C=O) groups excluding carboxylic acids is 2. The lowest BCUT2D eigenvalue weighted by Gasteiger charge is -2.12. The summed E-state index contributed by atoms with van der Waals surface area (Å²) in [5.74, 6) is -0.512. The predicted octanol–water partition coefficient (Wildman–Crippen LogP) is 3.17. The van der Waals surface area contributed by atoms with Crippen LogP contribution in [0.3, 0.4) is 0 Å². The van der Waals surface area contributed by atoms with Crippen LogP contribution in [0.5, 0.6) is 0 Å². The first-order valence-corrected chi connectivity index (χ1v) is 8.98. The highest BCUT2D eigenvalue weighted by Gasteiger charge is 2.31. The fourth-order valence-corrected chi connectivity index (χ4v) is 2.58. The number of rotatable bonds is 7. The molecule has 1 heterocycles. The van der Waals surface area contributed by atoms with Crippen molar-refractivity contribution in [3.8, 4) is 0 Å². The van der Waals surface area contributed by atoms with Crippen LogP contribution in [-0.4, -0.2) is 16.4 Å². The van der Waals surface area contributed by atoms with Crippen molar-refractivity contribution in [3.05, 3.63) is 64.1 Å². The Bertz CT molecular complexity index is 936. The summed E-state index contributed by atoms with van der Waals surface area (Å²) in [7, 11) is 0. The normalized spacial score (nSPS) is 11.4. The second-order valence-electron chi connectivity index (χ2n) is 7.00. The van der Waals surface area contributed by atoms with E-state index in [1.165, 1.54) is 0 Å². The minimum atomic E-state index is -4.60. The van der Waals surface area contributed by atoms with Crippen molar-refractivity contribution < 1.29 is 22.8 Å². The SMILES string of the molecule is CC(C)CC(=O)Nc1cccc(CNC(=O)Cn2cc(C(F)(F)F)ccc2=O)c1. The topological polar surface area (TPSA) is 80.2 Å². The molecule has 0 radical (unpaired) electrons. The van der Waals surface area contributed by atoms with Gasteiger partial charge in [-0.15, -0.1) is 0 Å². The minimum Gasteiger partial charge on any atom is -0.350 e. The Morgan fingerprint density at radius 3 is 2.48 bits per heavy atom. The van der Waals surface area contributed by atoms with E-state index in [1.807, 2.05) is 13.8 Å². The molecule has 0 fully saturated rings. The van der Waals surface area contributed by atoms with Crippen LogP contribution < -0.4 is 16.2 Å². The number of anilines is 1. The molecule has 9 heteroatoms. The minimum absolute atomic E-state index is 0.0977. The Balaban J connectivity index is 1.97. The number of hydrogen-bond acceptors (Lipinski definition) is 3. The van der Waals surface area contributed by atoms with Gasteiger partial charge in [-0.1, -0.05) is 26.0 Å². The third kappa shape index (κ3) is 7.10. The molecule has 0 spiro atoms. The molecule has 0 atom stereocenters. The molecule has 2 amide bonds. The lowest BCUT2D eigenvalue weighted by molar-refractivity contribution is -0.138. The highest BCUT2D eigenvalue weighted by atomic mass is 19.4. The molecule has 0 saturated carbocycles. The van der Waals surface area contributed by atoms with Crippen LogP contribution in [0.15, 0.2) is 47.4 Å². The van der Waals surface area contributed by atoms with Gasteiger partial charge in [0, 0.05) is 30.9 Å². The number of pyridine rings is 1. The van der Waals surface area contributed by atoms with E-state index in [9.17, 15) is 27.6 Å². The summed E-state index contributed by atoms with van der Waals surface area (Å²) >= 11 is 0. The van der Waals surface area contributed by atoms with E-state index in [-0.39, 0.29) is 18.4 Å². The Morgan fingerprint density at radius 1 is 1.10 bits per heavy atom. The van der Waals surface area contributed by atoms with Crippen LogP contribution in [0, 0.1) is 5.92 Å². The fourth-order valence-electron chi connectivity index (χ4n) is 2.58. The number of aromatic nitrogens is 1. The van der Waals surface area contributed by atoms with Gasteiger partial charge >= 0.3 is 6.18 Å². The predicted molar refractivity (Wildman–Crippen MR) is 102 cm³/mol. The summed E-state index contributed by atoms with van der Waals surface area (Å²) in [6.45, 7) is 3.43. The van der Waals surface area contributed by atoms with Gasteiger partial charge in [0.05, 0.1) is 5.56 Å². The molecule has 0 unspecified atom stereocenters. The molecule has 0 aliphatic carbocycles. The molecule has 156 valence electrons. The Labute approximate surface area is 165 Å². The number of hydrogen-bond donors (Lipinski definition) is 2. The van der Waals surface area contributed by atoms with Gasteiger partial charge in [-0.05, 0) is 29.7 Å². The van der Waals surface area contributed by atoms with Crippen LogP contribution in [-0.2, 0) is 28.9 Å². The Kier molecular flexibility index (Phi) is 7.19. The summed E-state index contributed by atoms with van der Waals surface area (Å²) < 4.78 is 39.0. The average Bonchev–Trinajstić information content (AvgIpc) is 2.60. The van der Waals surface area contributed by atoms with Gasteiger partial charge < -0.3 is 15.2 Å². The molecule has 1 aromatic carbocycles. The van der Waals surface area contributed by atoms with E-state index in [0.717, 1.165) is 6.07 Å². The zero-order chi connectivity index (χ0) is 21.6. The molecule has 1 aromatic heterocycles. The van der Waals surface area contributed by atoms with Gasteiger partial charge in [-0.2, -0.15) is 13.2 Å². The first-order valence-electron chi connectivity index (χ1n) is 8.98. The summed E-state index contributed by atoms with van der Waals surface area (Å²) in [5.41, 5.74) is -0.439. The van der Waals surface area contributed by atoms with Gasteiger partial charge in [-0.25, -0.2) is 0 Å². The van der Waals surface area contributed by atoms with Crippen molar-refractivity contribution >= 4 is 17.5 Å². The molecule has 2 N–H and O–H groups in total. The third-order valence-corrected chi connectivity index (χ3v) is 3.92. The Morgan fingerprint density at radius 2 is 1.83 bits per heavy atom. The monoisotopic (exact) mass is 409 g/mol. The lowest BCUT2D eigenvalue weighted by Crippen LogP contribution is -2.32. The molecule has 0 saturated heterocycles. The quantitative estimate of drug-likeness (QED) is 0.737. The van der Waals surface area contributed by atoms with Crippen molar-refractivity contribution in [1.82, 2.24) is 9.88 Å². The fraction of sp³-hybridized carbons (Fsp3) is 0.350. The van der Waals surface area contributed by atoms with Gasteiger partial charge in [0.2, 0.25) is 11.8 Å². The van der Waals surface area contributed by atoms with E-state index >= 15 is 0 Å². The zero-order valence-electron chi connectivity index (χ0n) is 16.0. The highest BCUT2D eigenvalue weighted by Crippen LogP contribution is 2.27. The summed E-state index contributed by atoms with van der Waals surface area (Å²) in [6.07, 6.45) is -3.61. The molecule has 29 heavy (non-hydrogen) atoms. The van der Waals surface area contributed by atoms with E-state index in [1.54, 1.807) is 24.3 Å². The van der Waals surface area contributed by atoms with E-state index in [2.05, 4.69) is 10.6 Å². The first kappa shape index (κ1) is 22.2. The molecule has 0 aliphatic rings. The van der Waals surface area contributed by atoms with Gasteiger partial charge in [0.25, 0.3) is 5.56 Å². The van der Waals surface area contributed by atoms with Crippen molar-refractivity contribution in [1.29, 1.82) is 0 Å². The summed E-state index contributed by atoms with van der Waals surface area (Å²) in [5, 5.41) is 5.32. The number of nitrogens with one attached hydrogen (secondary N) is 2. The van der Waals surface area contributed by atoms with Crippen LogP contribution in [0.2, 0.25) is 0 Å². The van der Waals surface area contributed by atoms with Gasteiger partial charge in [0.15, 0.2) is 0 Å². The molecule has 0 aliphatic heterocycles. The van der Waals surface area contributed by atoms with E-state index < -0.39 is 29.8 Å². The average molecular weight is 409 g/mol. The second-order valence-corrected chi connectivity index (χ2v) is 7.00. The van der Waals surface area contributed by atoms with Crippen molar-refractivity contribution in [2.45, 2.75) is 39.5 Å². The summed E-state index contributed by atoms with van der Waals surface area (Å²) in [6, 6.07) is 8.30. The van der Waals surface area contributed by atoms with E-state index in [0.29, 0.717) is 34.5 Å². The number of alkyl halides is 3. The lowest BCUT2D eigenvalue weighted by atomic mass is 10.1. The standard InChI is InChI=1S/C20H22F3N3O3/c1-13(2)8-17(27)25-16-5-3-4-14(9-16)10-24-18(28)12-26-11-15(20(21,22)23)6-7-19(26)29/h3-7,9,11,13H,8,10,12H2,1-2H3,(H,24,28)(H,25,27). The first-order chi connectivity index (χ1) is 13.5. The molecular weight excluding hydrogens is 387 g/mol. The van der Waals surface area contributed by atoms with Crippen LogP contribution in [0.1, 0.15) is 31.4 Å². The van der Waals surface area contributed by atoms with Crippen LogP contribution in [0.4, 0.5) is 18.9 Å². The molecule has 2 rings (SSSR count). The number of benzene rings is 1. The molecule has 6 nitrogen and oxygen atoms in total. The van der Waals surface area contributed by atoms with Crippen LogP contribution in [0.25, 0.3) is 0 Å². The largest absolute Gasteiger partial charge is 0.417 e. The molecule has 2 aromatic rings. The van der Waals surface area contributed by atoms with Crippen molar-refractivity contribution in [3.63, 3.8) is 0 Å². The molecule has 0 bridgehead atoms.